The van der Waals surface area contributed by atoms with E-state index in [0.717, 1.165) is 39.0 Å². The molecule has 1 aromatic carbocycles. The first-order valence-corrected chi connectivity index (χ1v) is 7.05. The van der Waals surface area contributed by atoms with Crippen LogP contribution in [0.5, 0.6) is 0 Å². The van der Waals surface area contributed by atoms with Gasteiger partial charge in [0.05, 0.1) is 4.92 Å². The number of nitro benzene ring substituents is 1. The summed E-state index contributed by atoms with van der Waals surface area (Å²) in [5.74, 6) is -0.650. The number of nitrogens with one attached hydrogen (secondary N) is 1. The minimum Gasteiger partial charge on any atom is -0.366 e. The lowest BCUT2D eigenvalue weighted by molar-refractivity contribution is -0.384. The van der Waals surface area contributed by atoms with E-state index in [1.54, 1.807) is 12.1 Å². The van der Waals surface area contributed by atoms with Gasteiger partial charge in [0.2, 0.25) is 5.91 Å². The molecule has 2 aliphatic heterocycles. The molecule has 2 fully saturated rings. The monoisotopic (exact) mass is 290 g/mol. The third-order valence-corrected chi connectivity index (χ3v) is 4.57. The van der Waals surface area contributed by atoms with E-state index in [4.69, 9.17) is 5.73 Å². The summed E-state index contributed by atoms with van der Waals surface area (Å²) in [6.45, 7) is 3.60. The van der Waals surface area contributed by atoms with Crippen LogP contribution in [0.2, 0.25) is 0 Å². The van der Waals surface area contributed by atoms with Gasteiger partial charge in [0.1, 0.15) is 5.69 Å². The minimum absolute atomic E-state index is 0.0469. The Morgan fingerprint density at radius 2 is 2.24 bits per heavy atom. The normalized spacial score (nSPS) is 24.7. The first kappa shape index (κ1) is 13.8. The average Bonchev–Trinajstić information content (AvgIpc) is 3.09. The molecule has 3 N–H and O–H groups in total. The Morgan fingerprint density at radius 1 is 1.43 bits per heavy atom. The quantitative estimate of drug-likeness (QED) is 0.635. The molecular formula is C14H18N4O3. The minimum atomic E-state index is -0.650. The third kappa shape index (κ3) is 2.44. The van der Waals surface area contributed by atoms with Gasteiger partial charge < -0.3 is 16.0 Å². The highest BCUT2D eigenvalue weighted by molar-refractivity contribution is 5.94. The van der Waals surface area contributed by atoms with Gasteiger partial charge >= 0.3 is 0 Å². The van der Waals surface area contributed by atoms with Crippen molar-refractivity contribution >= 4 is 17.3 Å². The Labute approximate surface area is 122 Å². The number of amides is 1. The number of hydrogen-bond donors (Lipinski definition) is 2. The summed E-state index contributed by atoms with van der Waals surface area (Å²) in [5, 5.41) is 14.6. The van der Waals surface area contributed by atoms with E-state index in [1.165, 1.54) is 6.07 Å². The molecule has 1 atom stereocenters. The smallest absolute Gasteiger partial charge is 0.293 e. The van der Waals surface area contributed by atoms with Crippen molar-refractivity contribution in [1.82, 2.24) is 5.32 Å². The molecule has 0 aliphatic carbocycles. The number of carbonyl (C=O) groups excluding carboxylic acids is 1. The molecule has 2 saturated heterocycles. The fourth-order valence-electron chi connectivity index (χ4n) is 3.37. The summed E-state index contributed by atoms with van der Waals surface area (Å²) in [5.41, 5.74) is 6.13. The van der Waals surface area contributed by atoms with Crippen molar-refractivity contribution in [2.24, 2.45) is 11.1 Å². The molecule has 0 aromatic heterocycles. The molecule has 0 saturated carbocycles. The molecule has 3 rings (SSSR count). The molecule has 1 amide bonds. The molecule has 2 aliphatic rings. The number of anilines is 1. The van der Waals surface area contributed by atoms with Crippen molar-refractivity contribution in [2.75, 3.05) is 31.1 Å². The number of hydrogen-bond acceptors (Lipinski definition) is 5. The van der Waals surface area contributed by atoms with Crippen LogP contribution in [0.4, 0.5) is 11.4 Å². The number of carbonyl (C=O) groups is 1. The van der Waals surface area contributed by atoms with E-state index >= 15 is 0 Å². The van der Waals surface area contributed by atoms with Crippen molar-refractivity contribution in [1.29, 1.82) is 0 Å². The number of nitrogens with two attached hydrogens (primary N) is 1. The zero-order chi connectivity index (χ0) is 15.0. The van der Waals surface area contributed by atoms with Gasteiger partial charge in [0.15, 0.2) is 0 Å². The van der Waals surface area contributed by atoms with Crippen molar-refractivity contribution in [2.45, 2.75) is 12.8 Å². The standard InChI is InChI=1S/C14H18N4O3/c15-13(19)10-1-2-11(12(7-10)18(20)21)17-6-4-14(9-17)3-5-16-8-14/h1-2,7,16H,3-6,8-9H2,(H2,15,19). The zero-order valence-corrected chi connectivity index (χ0v) is 11.7. The highest BCUT2D eigenvalue weighted by Crippen LogP contribution is 2.40. The molecule has 21 heavy (non-hydrogen) atoms. The van der Waals surface area contributed by atoms with E-state index in [0.29, 0.717) is 5.69 Å². The molecular weight excluding hydrogens is 272 g/mol. The average molecular weight is 290 g/mol. The van der Waals surface area contributed by atoms with Gasteiger partial charge in [-0.3, -0.25) is 14.9 Å². The zero-order valence-electron chi connectivity index (χ0n) is 11.7. The first-order valence-electron chi connectivity index (χ1n) is 7.05. The molecule has 1 spiro atoms. The molecule has 0 radical (unpaired) electrons. The van der Waals surface area contributed by atoms with E-state index in [2.05, 4.69) is 10.2 Å². The van der Waals surface area contributed by atoms with Crippen molar-refractivity contribution in [3.63, 3.8) is 0 Å². The molecule has 7 heteroatoms. The maximum Gasteiger partial charge on any atom is 0.293 e. The summed E-state index contributed by atoms with van der Waals surface area (Å²) >= 11 is 0. The molecule has 1 aromatic rings. The fraction of sp³-hybridized carbons (Fsp3) is 0.500. The van der Waals surface area contributed by atoms with Gasteiger partial charge in [-0.05, 0) is 31.5 Å². The van der Waals surface area contributed by atoms with Crippen LogP contribution in [0.1, 0.15) is 23.2 Å². The fourth-order valence-corrected chi connectivity index (χ4v) is 3.37. The van der Waals surface area contributed by atoms with E-state index in [9.17, 15) is 14.9 Å². The Balaban J connectivity index is 1.91. The second kappa shape index (κ2) is 5.00. The topological polar surface area (TPSA) is 102 Å². The van der Waals surface area contributed by atoms with E-state index in [1.807, 2.05) is 0 Å². The summed E-state index contributed by atoms with van der Waals surface area (Å²) in [6, 6.07) is 4.47. The molecule has 112 valence electrons. The van der Waals surface area contributed by atoms with E-state index in [-0.39, 0.29) is 16.7 Å². The lowest BCUT2D eigenvalue weighted by Crippen LogP contribution is -2.29. The van der Waals surface area contributed by atoms with Crippen LogP contribution in [0.25, 0.3) is 0 Å². The van der Waals surface area contributed by atoms with E-state index < -0.39 is 10.8 Å². The van der Waals surface area contributed by atoms with Crippen LogP contribution in [-0.4, -0.2) is 37.0 Å². The maximum absolute atomic E-state index is 11.3. The number of rotatable bonds is 3. The van der Waals surface area contributed by atoms with Crippen LogP contribution < -0.4 is 16.0 Å². The van der Waals surface area contributed by atoms with Gasteiger partial charge in [0, 0.05) is 36.7 Å². The summed E-state index contributed by atoms with van der Waals surface area (Å²) in [7, 11) is 0. The number of benzene rings is 1. The lowest BCUT2D eigenvalue weighted by Gasteiger charge is -2.24. The molecule has 0 bridgehead atoms. The number of nitro groups is 1. The maximum atomic E-state index is 11.3. The van der Waals surface area contributed by atoms with Crippen LogP contribution in [0, 0.1) is 15.5 Å². The Kier molecular flexibility index (Phi) is 3.29. The van der Waals surface area contributed by atoms with Crippen LogP contribution in [0.3, 0.4) is 0 Å². The number of nitrogens with zero attached hydrogens (tertiary/aromatic N) is 2. The Morgan fingerprint density at radius 3 is 2.86 bits per heavy atom. The van der Waals surface area contributed by atoms with Gasteiger partial charge in [-0.1, -0.05) is 0 Å². The molecule has 7 nitrogen and oxygen atoms in total. The van der Waals surface area contributed by atoms with Crippen LogP contribution in [0.15, 0.2) is 18.2 Å². The lowest BCUT2D eigenvalue weighted by atomic mass is 9.86. The van der Waals surface area contributed by atoms with Gasteiger partial charge in [-0.2, -0.15) is 0 Å². The molecule has 2 heterocycles. The first-order chi connectivity index (χ1) is 10.0. The predicted molar refractivity (Wildman–Crippen MR) is 78.4 cm³/mol. The number of primary amides is 1. The molecule has 1 unspecified atom stereocenters. The highest BCUT2D eigenvalue weighted by Gasteiger charge is 2.41. The largest absolute Gasteiger partial charge is 0.366 e. The Bertz CT molecular complexity index is 596. The summed E-state index contributed by atoms with van der Waals surface area (Å²) in [6.07, 6.45) is 2.14. The Hall–Kier alpha value is -2.15. The third-order valence-electron chi connectivity index (χ3n) is 4.57. The second-order valence-corrected chi connectivity index (χ2v) is 5.92. The van der Waals surface area contributed by atoms with Gasteiger partial charge in [-0.25, -0.2) is 0 Å². The van der Waals surface area contributed by atoms with Crippen molar-refractivity contribution < 1.29 is 9.72 Å². The second-order valence-electron chi connectivity index (χ2n) is 5.92. The highest BCUT2D eigenvalue weighted by atomic mass is 16.6. The summed E-state index contributed by atoms with van der Waals surface area (Å²) in [4.78, 5) is 24.1. The SMILES string of the molecule is NC(=O)c1ccc(N2CCC3(CCNC3)C2)c([N+](=O)[O-])c1. The van der Waals surface area contributed by atoms with Gasteiger partial charge in [0.25, 0.3) is 5.69 Å². The summed E-state index contributed by atoms with van der Waals surface area (Å²) < 4.78 is 0. The van der Waals surface area contributed by atoms with Gasteiger partial charge in [-0.15, -0.1) is 0 Å². The van der Waals surface area contributed by atoms with Crippen molar-refractivity contribution in [3.8, 4) is 0 Å². The van der Waals surface area contributed by atoms with Crippen LogP contribution >= 0.6 is 0 Å². The predicted octanol–water partition coefficient (Wildman–Crippen LogP) is 0.883. The van der Waals surface area contributed by atoms with Crippen molar-refractivity contribution in [3.05, 3.63) is 33.9 Å². The van der Waals surface area contributed by atoms with Crippen LogP contribution in [-0.2, 0) is 0 Å².